The molecule has 92 valence electrons. The quantitative estimate of drug-likeness (QED) is 0.741. The number of ether oxygens (including phenoxy) is 1. The maximum atomic E-state index is 5.85. The van der Waals surface area contributed by atoms with E-state index in [-0.39, 0.29) is 6.10 Å². The van der Waals surface area contributed by atoms with Crippen LogP contribution in [0.3, 0.4) is 0 Å². The van der Waals surface area contributed by atoms with Crippen molar-refractivity contribution in [3.05, 3.63) is 21.9 Å². The molecule has 0 amide bonds. The van der Waals surface area contributed by atoms with Gasteiger partial charge in [0.2, 0.25) is 0 Å². The van der Waals surface area contributed by atoms with Gasteiger partial charge in [-0.05, 0) is 42.7 Å². The summed E-state index contributed by atoms with van der Waals surface area (Å²) in [6.45, 7) is 7.99. The first kappa shape index (κ1) is 13.7. The van der Waals surface area contributed by atoms with Crippen molar-refractivity contribution in [1.29, 1.82) is 0 Å². The highest BCUT2D eigenvalue weighted by molar-refractivity contribution is 7.10. The van der Waals surface area contributed by atoms with Crippen LogP contribution in [-0.2, 0) is 4.74 Å². The Morgan fingerprint density at radius 1 is 1.44 bits per heavy atom. The lowest BCUT2D eigenvalue weighted by atomic mass is 10.1. The molecule has 1 aromatic heterocycles. The van der Waals surface area contributed by atoms with Crippen LogP contribution in [0.5, 0.6) is 0 Å². The van der Waals surface area contributed by atoms with Gasteiger partial charge in [-0.25, -0.2) is 0 Å². The Bertz CT molecular complexity index is 296. The van der Waals surface area contributed by atoms with Crippen molar-refractivity contribution in [1.82, 2.24) is 0 Å². The molecular weight excluding hydrogens is 218 g/mol. The molecule has 16 heavy (non-hydrogen) atoms. The van der Waals surface area contributed by atoms with Crippen LogP contribution in [0.15, 0.2) is 11.4 Å². The minimum Gasteiger partial charge on any atom is -0.371 e. The molecule has 1 heterocycles. The summed E-state index contributed by atoms with van der Waals surface area (Å²) in [6.07, 6.45) is 2.44. The topological polar surface area (TPSA) is 35.2 Å². The molecule has 0 saturated carbocycles. The fourth-order valence-corrected chi connectivity index (χ4v) is 2.67. The van der Waals surface area contributed by atoms with Crippen molar-refractivity contribution in [2.24, 2.45) is 11.7 Å². The number of nitrogens with two attached hydrogens (primary N) is 1. The highest BCUT2D eigenvalue weighted by Gasteiger charge is 2.13. The van der Waals surface area contributed by atoms with Gasteiger partial charge in [0.15, 0.2) is 0 Å². The zero-order valence-electron chi connectivity index (χ0n) is 10.5. The Labute approximate surface area is 103 Å². The van der Waals surface area contributed by atoms with Gasteiger partial charge >= 0.3 is 0 Å². The van der Waals surface area contributed by atoms with Crippen LogP contribution in [0, 0.1) is 12.8 Å². The summed E-state index contributed by atoms with van der Waals surface area (Å²) in [5, 5.41) is 2.10. The molecule has 1 rings (SSSR count). The lowest BCUT2D eigenvalue weighted by Crippen LogP contribution is -2.16. The molecule has 0 aliphatic carbocycles. The molecule has 0 aliphatic heterocycles. The van der Waals surface area contributed by atoms with Gasteiger partial charge < -0.3 is 10.5 Å². The summed E-state index contributed by atoms with van der Waals surface area (Å²) in [5.41, 5.74) is 7.05. The van der Waals surface area contributed by atoms with E-state index < -0.39 is 0 Å². The van der Waals surface area contributed by atoms with Gasteiger partial charge in [0, 0.05) is 18.0 Å². The second kappa shape index (κ2) is 7.05. The summed E-state index contributed by atoms with van der Waals surface area (Å²) in [6, 6.07) is 2.13. The van der Waals surface area contributed by atoms with Crippen LogP contribution < -0.4 is 5.73 Å². The third-order valence-corrected chi connectivity index (χ3v) is 3.76. The van der Waals surface area contributed by atoms with Crippen LogP contribution in [-0.4, -0.2) is 13.2 Å². The maximum absolute atomic E-state index is 5.85. The summed E-state index contributed by atoms with van der Waals surface area (Å²) < 4.78 is 5.85. The average molecular weight is 241 g/mol. The van der Waals surface area contributed by atoms with E-state index in [0.29, 0.717) is 6.54 Å². The van der Waals surface area contributed by atoms with Gasteiger partial charge in [-0.15, -0.1) is 11.3 Å². The number of thiophene rings is 1. The zero-order valence-corrected chi connectivity index (χ0v) is 11.3. The fourth-order valence-electron chi connectivity index (χ4n) is 1.68. The molecular formula is C13H23NOS. The molecule has 0 saturated heterocycles. The monoisotopic (exact) mass is 241 g/mol. The van der Waals surface area contributed by atoms with Crippen molar-refractivity contribution in [3.8, 4) is 0 Å². The molecule has 3 heteroatoms. The zero-order chi connectivity index (χ0) is 12.0. The molecule has 1 unspecified atom stereocenters. The number of hydrogen-bond acceptors (Lipinski definition) is 3. The second-order valence-electron chi connectivity index (χ2n) is 4.60. The van der Waals surface area contributed by atoms with Crippen LogP contribution in [0.25, 0.3) is 0 Å². The first-order valence-electron chi connectivity index (χ1n) is 6.00. The molecule has 2 N–H and O–H groups in total. The lowest BCUT2D eigenvalue weighted by molar-refractivity contribution is 0.0565. The van der Waals surface area contributed by atoms with E-state index in [0.717, 1.165) is 18.9 Å². The predicted molar refractivity (Wildman–Crippen MR) is 70.9 cm³/mol. The predicted octanol–water partition coefficient (Wildman–Crippen LogP) is 3.51. The summed E-state index contributed by atoms with van der Waals surface area (Å²) >= 11 is 1.74. The van der Waals surface area contributed by atoms with Gasteiger partial charge in [-0.3, -0.25) is 0 Å². The van der Waals surface area contributed by atoms with E-state index in [1.54, 1.807) is 11.3 Å². The largest absolute Gasteiger partial charge is 0.371 e. The van der Waals surface area contributed by atoms with Crippen molar-refractivity contribution in [3.63, 3.8) is 0 Å². The number of aryl methyl sites for hydroxylation is 1. The maximum Gasteiger partial charge on any atom is 0.104 e. The third-order valence-electron chi connectivity index (χ3n) is 2.65. The lowest BCUT2D eigenvalue weighted by Gasteiger charge is -2.16. The summed E-state index contributed by atoms with van der Waals surface area (Å²) in [4.78, 5) is 1.28. The van der Waals surface area contributed by atoms with E-state index in [2.05, 4.69) is 32.2 Å². The van der Waals surface area contributed by atoms with Gasteiger partial charge in [0.05, 0.1) is 0 Å². The minimum absolute atomic E-state index is 0.0900. The normalized spacial score (nSPS) is 13.3. The second-order valence-corrected chi connectivity index (χ2v) is 5.55. The van der Waals surface area contributed by atoms with Crippen LogP contribution >= 0.6 is 11.3 Å². The van der Waals surface area contributed by atoms with Crippen LogP contribution in [0.2, 0.25) is 0 Å². The van der Waals surface area contributed by atoms with Crippen molar-refractivity contribution in [2.45, 2.75) is 39.7 Å². The SMILES string of the molecule is Cc1ccsc1C(CN)OCCCC(C)C. The summed E-state index contributed by atoms with van der Waals surface area (Å²) in [7, 11) is 0. The first-order chi connectivity index (χ1) is 7.65. The van der Waals surface area contributed by atoms with Gasteiger partial charge in [0.25, 0.3) is 0 Å². The molecule has 1 atom stereocenters. The Morgan fingerprint density at radius 2 is 2.19 bits per heavy atom. The molecule has 0 radical (unpaired) electrons. The summed E-state index contributed by atoms with van der Waals surface area (Å²) in [5.74, 6) is 0.753. The third kappa shape index (κ3) is 4.24. The molecule has 0 aliphatic rings. The van der Waals surface area contributed by atoms with Gasteiger partial charge in [-0.1, -0.05) is 13.8 Å². The van der Waals surface area contributed by atoms with E-state index in [4.69, 9.17) is 10.5 Å². The van der Waals surface area contributed by atoms with E-state index in [9.17, 15) is 0 Å². The highest BCUT2D eigenvalue weighted by Crippen LogP contribution is 2.26. The van der Waals surface area contributed by atoms with E-state index in [1.165, 1.54) is 16.9 Å². The van der Waals surface area contributed by atoms with Crippen molar-refractivity contribution >= 4 is 11.3 Å². The molecule has 0 spiro atoms. The number of hydrogen-bond donors (Lipinski definition) is 1. The van der Waals surface area contributed by atoms with E-state index in [1.807, 2.05) is 0 Å². The minimum atomic E-state index is 0.0900. The average Bonchev–Trinajstić information content (AvgIpc) is 2.65. The molecule has 0 bridgehead atoms. The molecule has 1 aromatic rings. The van der Waals surface area contributed by atoms with Crippen LogP contribution in [0.4, 0.5) is 0 Å². The molecule has 0 fully saturated rings. The van der Waals surface area contributed by atoms with Gasteiger partial charge in [0.1, 0.15) is 6.10 Å². The van der Waals surface area contributed by atoms with Crippen molar-refractivity contribution in [2.75, 3.05) is 13.2 Å². The first-order valence-corrected chi connectivity index (χ1v) is 6.88. The Hall–Kier alpha value is -0.380. The van der Waals surface area contributed by atoms with Crippen molar-refractivity contribution < 1.29 is 4.74 Å². The fraction of sp³-hybridized carbons (Fsp3) is 0.692. The standard InChI is InChI=1S/C13H23NOS/c1-10(2)5-4-7-15-12(9-14)13-11(3)6-8-16-13/h6,8,10,12H,4-5,7,9,14H2,1-3H3. The Kier molecular flexibility index (Phi) is 6.03. The molecule has 0 aromatic carbocycles. The van der Waals surface area contributed by atoms with E-state index >= 15 is 0 Å². The Balaban J connectivity index is 2.36. The highest BCUT2D eigenvalue weighted by atomic mass is 32.1. The smallest absolute Gasteiger partial charge is 0.104 e. The number of rotatable bonds is 7. The van der Waals surface area contributed by atoms with Gasteiger partial charge in [-0.2, -0.15) is 0 Å². The Morgan fingerprint density at radius 3 is 2.69 bits per heavy atom. The van der Waals surface area contributed by atoms with Crippen LogP contribution in [0.1, 0.15) is 43.2 Å². The molecule has 2 nitrogen and oxygen atoms in total.